The van der Waals surface area contributed by atoms with E-state index in [0.717, 1.165) is 32.9 Å². The Kier molecular flexibility index (Phi) is 21.3. The number of hydrogen-bond acceptors (Lipinski definition) is 10. The summed E-state index contributed by atoms with van der Waals surface area (Å²) in [6, 6.07) is 34.6. The van der Waals surface area contributed by atoms with Gasteiger partial charge >= 0.3 is 36.8 Å². The highest BCUT2D eigenvalue weighted by Crippen LogP contribution is 2.47. The largest absolute Gasteiger partial charge is 0.497 e. The Morgan fingerprint density at radius 1 is 0.505 bits per heavy atom. The zero-order valence-electron chi connectivity index (χ0n) is 51.1. The minimum atomic E-state index is -4.99. The maximum atomic E-state index is 13.8. The van der Waals surface area contributed by atoms with Gasteiger partial charge in [-0.1, -0.05) is 84.9 Å². The van der Waals surface area contributed by atoms with E-state index < -0.39 is 99.3 Å². The van der Waals surface area contributed by atoms with Crippen LogP contribution in [0.3, 0.4) is 0 Å². The molecule has 6 amide bonds. The molecule has 6 atom stereocenters. The van der Waals surface area contributed by atoms with Gasteiger partial charge in [-0.15, -0.1) is 11.6 Å². The Labute approximate surface area is 533 Å². The van der Waals surface area contributed by atoms with Crippen molar-refractivity contribution in [2.45, 2.75) is 111 Å². The van der Waals surface area contributed by atoms with Gasteiger partial charge in [0, 0.05) is 19.0 Å². The fraction of sp³-hybridized carbons (Fsp3) is 0.394. The maximum absolute atomic E-state index is 13.8. The lowest BCUT2D eigenvalue weighted by Crippen LogP contribution is -2.64. The van der Waals surface area contributed by atoms with Crippen LogP contribution in [0, 0.1) is 0 Å². The fourth-order valence-electron chi connectivity index (χ4n) is 11.9. The Hall–Kier alpha value is -7.91. The SMILES string of the molecule is COc1ccc(CCl)cc1.COc1ccc(CN2C(=O)NC3(CC[C@@](CO[C@H](C)c4cc(C(F)(F)F)cc(C(F)(F)F)c4)(c4ccccc4)N(C)C3)C2=O)cc1.C[C@@H](OC[C@@]1(c2ccccc2)CCC2(CN1C)NC(=O)NC2=O)c1cc(C(F)(F)F)cc(C(F)(F)F)c1. The van der Waals surface area contributed by atoms with Gasteiger partial charge in [0.25, 0.3) is 11.8 Å². The van der Waals surface area contributed by atoms with Gasteiger partial charge < -0.3 is 29.6 Å². The number of rotatable bonds is 15. The number of carbonyl (C=O) groups excluding carboxylic acids is 4. The van der Waals surface area contributed by atoms with Crippen LogP contribution < -0.4 is 25.4 Å². The summed E-state index contributed by atoms with van der Waals surface area (Å²) < 4.78 is 183. The van der Waals surface area contributed by atoms with Crippen LogP contribution in [0.15, 0.2) is 146 Å². The third-order valence-electron chi connectivity index (χ3n) is 17.4. The van der Waals surface area contributed by atoms with Crippen LogP contribution in [0.5, 0.6) is 11.5 Å². The number of benzene rings is 6. The first-order valence-corrected chi connectivity index (χ1v) is 29.6. The molecular weight excluding hydrogens is 1270 g/mol. The molecule has 4 heterocycles. The molecule has 93 heavy (non-hydrogen) atoms. The molecule has 0 aliphatic carbocycles. The van der Waals surface area contributed by atoms with Gasteiger partial charge in [-0.05, 0) is 148 Å². The Balaban J connectivity index is 0.000000211. The van der Waals surface area contributed by atoms with Crippen LogP contribution in [-0.2, 0) is 67.3 Å². The van der Waals surface area contributed by atoms with Crippen LogP contribution in [-0.4, -0.2) is 104 Å². The van der Waals surface area contributed by atoms with E-state index in [4.69, 9.17) is 30.5 Å². The molecule has 0 bridgehead atoms. The Morgan fingerprint density at radius 3 is 1.23 bits per heavy atom. The summed E-state index contributed by atoms with van der Waals surface area (Å²) in [5, 5.41) is 7.80. The highest BCUT2D eigenvalue weighted by atomic mass is 35.5. The van der Waals surface area contributed by atoms with E-state index in [-0.39, 0.29) is 74.9 Å². The number of amides is 6. The minimum Gasteiger partial charge on any atom is -0.497 e. The van der Waals surface area contributed by atoms with Crippen molar-refractivity contribution in [2.24, 2.45) is 0 Å². The zero-order chi connectivity index (χ0) is 68.1. The van der Waals surface area contributed by atoms with Crippen LogP contribution >= 0.6 is 11.6 Å². The summed E-state index contributed by atoms with van der Waals surface area (Å²) in [4.78, 5) is 56.0. The van der Waals surface area contributed by atoms with E-state index in [1.807, 2.05) is 64.4 Å². The van der Waals surface area contributed by atoms with E-state index in [9.17, 15) is 71.9 Å². The lowest BCUT2D eigenvalue weighted by molar-refractivity contribution is -0.145. The molecule has 3 N–H and O–H groups in total. The lowest BCUT2D eigenvalue weighted by atomic mass is 9.74. The smallest absolute Gasteiger partial charge is 0.416 e. The van der Waals surface area contributed by atoms with Crippen molar-refractivity contribution in [1.29, 1.82) is 0 Å². The quantitative estimate of drug-likeness (QED) is 0.0515. The second-order valence-corrected chi connectivity index (χ2v) is 23.6. The number of alkyl halides is 13. The van der Waals surface area contributed by atoms with Gasteiger partial charge in [0.1, 0.15) is 22.6 Å². The first-order chi connectivity index (χ1) is 43.6. The van der Waals surface area contributed by atoms with Crippen LogP contribution in [0.4, 0.5) is 62.3 Å². The first-order valence-electron chi connectivity index (χ1n) is 29.1. The topological polar surface area (TPSA) is 151 Å². The number of likely N-dealkylation sites (tertiary alicyclic amines) is 2. The number of hydrogen-bond donors (Lipinski definition) is 3. The van der Waals surface area contributed by atoms with Gasteiger partial charge in [0.05, 0.1) is 79.5 Å². The molecule has 6 aromatic rings. The number of nitrogens with one attached hydrogen (secondary N) is 3. The van der Waals surface area contributed by atoms with E-state index in [0.29, 0.717) is 48.7 Å². The average Bonchev–Trinajstić information content (AvgIpc) is 1.69. The van der Waals surface area contributed by atoms with Crippen molar-refractivity contribution < 1.29 is 90.8 Å². The first kappa shape index (κ1) is 70.9. The number of imide groups is 2. The molecule has 27 heteroatoms. The average molecular weight is 1340 g/mol. The normalized spacial score (nSPS) is 22.7. The van der Waals surface area contributed by atoms with Gasteiger partial charge in [-0.2, -0.15) is 52.7 Å². The maximum Gasteiger partial charge on any atom is 0.416 e. The monoisotopic (exact) mass is 1330 g/mol. The fourth-order valence-corrected chi connectivity index (χ4v) is 12.1. The van der Waals surface area contributed by atoms with Crippen molar-refractivity contribution in [2.75, 3.05) is 54.6 Å². The number of urea groups is 2. The number of piperidine rings is 2. The van der Waals surface area contributed by atoms with Crippen LogP contribution in [0.1, 0.15) is 107 Å². The molecule has 0 saturated carbocycles. The highest BCUT2D eigenvalue weighted by Gasteiger charge is 2.58. The number of likely N-dealkylation sites (N-methyl/N-ethyl adjacent to an activating group) is 2. The summed E-state index contributed by atoms with van der Waals surface area (Å²) in [5.74, 6) is 1.22. The van der Waals surface area contributed by atoms with Crippen LogP contribution in [0.25, 0.3) is 0 Å². The van der Waals surface area contributed by atoms with E-state index in [1.165, 1.54) is 21.0 Å². The molecule has 2 spiro atoms. The van der Waals surface area contributed by atoms with Gasteiger partial charge in [-0.3, -0.25) is 29.6 Å². The molecule has 500 valence electrons. The number of carbonyl (C=O) groups is 4. The molecular formula is C66H67ClF12N6O8. The molecule has 4 aliphatic rings. The number of nitrogens with zero attached hydrogens (tertiary/aromatic N) is 3. The minimum absolute atomic E-state index is 0.0570. The summed E-state index contributed by atoms with van der Waals surface area (Å²) >= 11 is 5.58. The standard InChI is InChI=1S/C33H33F6N3O4.C25H25F6N3O3.C8H9ClO/c1-21(23-15-25(32(34,35)36)17-26(16-23)33(37,38)39)46-20-31(24-7-5-4-6-8-24)14-13-30(19-41(31)2)28(43)42(29(44)40-30)18-22-9-11-27(45-3)12-10-22;1-15(16-10-18(24(26,27)28)12-19(11-16)25(29,30)31)37-14-23(17-6-4-3-5-7-17)9-8-22(13-34(23)2)20(35)32-21(36)33-22;1-10-8-4-2-7(6-9)3-5-8/h4-12,15-17,21H,13-14,18-20H2,1-3H3,(H,40,44);3-7,10-12,15H,8-9,13-14H2,1-2H3,(H2,32,33,35,36);2-5H,6H2,1H3/t21-,30?,31-;15-,22?,23-;/m11./s1. The lowest BCUT2D eigenvalue weighted by Gasteiger charge is -2.51. The Morgan fingerprint density at radius 2 is 0.882 bits per heavy atom. The van der Waals surface area contributed by atoms with Crippen molar-refractivity contribution in [1.82, 2.24) is 30.7 Å². The third-order valence-corrected chi connectivity index (χ3v) is 17.7. The molecule has 6 aromatic carbocycles. The summed E-state index contributed by atoms with van der Waals surface area (Å²) in [7, 11) is 6.66. The molecule has 10 rings (SSSR count). The van der Waals surface area contributed by atoms with Crippen molar-refractivity contribution in [3.8, 4) is 11.5 Å². The van der Waals surface area contributed by atoms with Crippen LogP contribution in [0.2, 0.25) is 0 Å². The van der Waals surface area contributed by atoms with Gasteiger partial charge in [0.15, 0.2) is 0 Å². The van der Waals surface area contributed by atoms with Gasteiger partial charge in [0.2, 0.25) is 0 Å². The molecule has 14 nitrogen and oxygen atoms in total. The second kappa shape index (κ2) is 28.0. The number of methoxy groups -OCH3 is 2. The summed E-state index contributed by atoms with van der Waals surface area (Å²) in [6.07, 6.45) is -21.1. The summed E-state index contributed by atoms with van der Waals surface area (Å²) in [6.45, 7) is 2.86. The zero-order valence-corrected chi connectivity index (χ0v) is 51.9. The van der Waals surface area contributed by atoms with Crippen molar-refractivity contribution in [3.63, 3.8) is 0 Å². The predicted molar refractivity (Wildman–Crippen MR) is 318 cm³/mol. The predicted octanol–water partition coefficient (Wildman–Crippen LogP) is 14.4. The number of ether oxygens (including phenoxy) is 4. The van der Waals surface area contributed by atoms with E-state index in [2.05, 4.69) is 16.0 Å². The molecule has 4 fully saturated rings. The Bertz CT molecular complexity index is 3520. The van der Waals surface area contributed by atoms with E-state index in [1.54, 1.807) is 75.8 Å². The number of halogens is 13. The van der Waals surface area contributed by atoms with E-state index >= 15 is 0 Å². The molecule has 2 unspecified atom stereocenters. The van der Waals surface area contributed by atoms with Crippen molar-refractivity contribution in [3.05, 3.63) is 201 Å². The van der Waals surface area contributed by atoms with Crippen molar-refractivity contribution >= 4 is 35.5 Å². The molecule has 0 radical (unpaired) electrons. The highest BCUT2D eigenvalue weighted by molar-refractivity contribution is 6.17. The second-order valence-electron chi connectivity index (χ2n) is 23.3. The molecule has 4 saturated heterocycles. The molecule has 0 aromatic heterocycles. The van der Waals surface area contributed by atoms with Gasteiger partial charge in [-0.25, -0.2) is 9.59 Å². The third kappa shape index (κ3) is 16.0. The molecule has 4 aliphatic heterocycles. The summed E-state index contributed by atoms with van der Waals surface area (Å²) in [5.41, 5.74) is -6.91.